The summed E-state index contributed by atoms with van der Waals surface area (Å²) in [5, 5.41) is 22.2. The predicted octanol–water partition coefficient (Wildman–Crippen LogP) is 2.09. The van der Waals surface area contributed by atoms with E-state index in [1.165, 1.54) is 0 Å². The molecule has 1 aromatic carbocycles. The van der Waals surface area contributed by atoms with Crippen molar-refractivity contribution in [2.45, 2.75) is 69.6 Å². The van der Waals surface area contributed by atoms with Gasteiger partial charge in [0.1, 0.15) is 0 Å². The van der Waals surface area contributed by atoms with Gasteiger partial charge in [-0.2, -0.15) is 0 Å². The third-order valence-electron chi connectivity index (χ3n) is 6.39. The summed E-state index contributed by atoms with van der Waals surface area (Å²) in [6.07, 6.45) is 6.49. The van der Waals surface area contributed by atoms with Crippen LogP contribution >= 0.6 is 0 Å². The van der Waals surface area contributed by atoms with E-state index in [0.29, 0.717) is 23.9 Å². The minimum absolute atomic E-state index is 0.0852. The standard InChI is InChI=1S/C21H29N3O4/c25-12-13-2-1-3-15(10-13)22-20(27)14-4-9-19-18(11-14)23-21(28)24(19)16-5-7-17(26)8-6-16/h4,9,11,13,15-17,25-26H,1-3,5-8,10,12H2,(H,22,27)(H,23,28)/t13-,15-,16?,17?/m1/s1. The van der Waals surface area contributed by atoms with Crippen LogP contribution < -0.4 is 11.0 Å². The fourth-order valence-electron chi connectivity index (χ4n) is 4.81. The molecule has 1 amide bonds. The molecule has 0 saturated heterocycles. The zero-order valence-electron chi connectivity index (χ0n) is 16.1. The van der Waals surface area contributed by atoms with Crippen molar-refractivity contribution in [1.82, 2.24) is 14.9 Å². The number of hydrogen-bond donors (Lipinski definition) is 4. The molecule has 2 aliphatic carbocycles. The zero-order chi connectivity index (χ0) is 19.7. The predicted molar refractivity (Wildman–Crippen MR) is 106 cm³/mol. The number of imidazole rings is 1. The SMILES string of the molecule is O=C(N[C@@H]1CCC[C@@H](CO)C1)c1ccc2c(c1)[nH]c(=O)n2C1CCC(O)CC1. The zero-order valence-corrected chi connectivity index (χ0v) is 16.1. The highest BCUT2D eigenvalue weighted by atomic mass is 16.3. The minimum Gasteiger partial charge on any atom is -0.396 e. The molecule has 0 radical (unpaired) electrons. The summed E-state index contributed by atoms with van der Waals surface area (Å²) in [5.41, 5.74) is 1.85. The lowest BCUT2D eigenvalue weighted by Crippen LogP contribution is -2.39. The van der Waals surface area contributed by atoms with Gasteiger partial charge in [0.2, 0.25) is 0 Å². The van der Waals surface area contributed by atoms with Gasteiger partial charge in [-0.05, 0) is 69.1 Å². The molecule has 4 N–H and O–H groups in total. The van der Waals surface area contributed by atoms with Crippen LogP contribution in [0.5, 0.6) is 0 Å². The number of aliphatic hydroxyl groups is 2. The van der Waals surface area contributed by atoms with Crippen molar-refractivity contribution < 1.29 is 15.0 Å². The molecule has 2 aromatic rings. The number of amides is 1. The molecule has 1 heterocycles. The van der Waals surface area contributed by atoms with Crippen molar-refractivity contribution in [3.63, 3.8) is 0 Å². The molecule has 0 unspecified atom stereocenters. The fourth-order valence-corrected chi connectivity index (χ4v) is 4.81. The third kappa shape index (κ3) is 3.86. The summed E-state index contributed by atoms with van der Waals surface area (Å²) in [6.45, 7) is 0.172. The summed E-state index contributed by atoms with van der Waals surface area (Å²) in [4.78, 5) is 28.1. The average molecular weight is 387 g/mol. The molecule has 4 rings (SSSR count). The highest BCUT2D eigenvalue weighted by Gasteiger charge is 2.25. The monoisotopic (exact) mass is 387 g/mol. The second-order valence-electron chi connectivity index (χ2n) is 8.38. The van der Waals surface area contributed by atoms with Crippen LogP contribution in [0, 0.1) is 5.92 Å². The summed E-state index contributed by atoms with van der Waals surface area (Å²) in [6, 6.07) is 5.52. The second kappa shape index (κ2) is 8.09. The van der Waals surface area contributed by atoms with Gasteiger partial charge in [-0.15, -0.1) is 0 Å². The number of hydrogen-bond acceptors (Lipinski definition) is 4. The number of nitrogens with one attached hydrogen (secondary N) is 2. The summed E-state index contributed by atoms with van der Waals surface area (Å²) < 4.78 is 1.77. The Morgan fingerprint density at radius 3 is 2.71 bits per heavy atom. The second-order valence-corrected chi connectivity index (χ2v) is 8.38. The van der Waals surface area contributed by atoms with E-state index < -0.39 is 0 Å². The Bertz CT molecular complexity index is 895. The van der Waals surface area contributed by atoms with Gasteiger partial charge in [-0.1, -0.05) is 6.42 Å². The number of aromatic amines is 1. The molecule has 2 atom stereocenters. The normalized spacial score (nSPS) is 28.4. The molecule has 2 fully saturated rings. The lowest BCUT2D eigenvalue weighted by atomic mass is 9.86. The molecule has 7 nitrogen and oxygen atoms in total. The summed E-state index contributed by atoms with van der Waals surface area (Å²) in [5.74, 6) is 0.126. The Morgan fingerprint density at radius 1 is 1.18 bits per heavy atom. The minimum atomic E-state index is -0.266. The molecule has 28 heavy (non-hydrogen) atoms. The molecular formula is C21H29N3O4. The molecular weight excluding hydrogens is 358 g/mol. The quantitative estimate of drug-likeness (QED) is 0.644. The van der Waals surface area contributed by atoms with Crippen LogP contribution in [0.15, 0.2) is 23.0 Å². The lowest BCUT2D eigenvalue weighted by Gasteiger charge is -2.28. The van der Waals surface area contributed by atoms with Crippen molar-refractivity contribution in [2.24, 2.45) is 5.92 Å². The Kier molecular flexibility index (Phi) is 5.55. The van der Waals surface area contributed by atoms with Crippen LogP contribution in [0.2, 0.25) is 0 Å². The van der Waals surface area contributed by atoms with Crippen molar-refractivity contribution in [2.75, 3.05) is 6.61 Å². The van der Waals surface area contributed by atoms with Gasteiger partial charge in [0.25, 0.3) is 5.91 Å². The van der Waals surface area contributed by atoms with Crippen molar-refractivity contribution in [1.29, 1.82) is 0 Å². The number of carbonyl (C=O) groups excluding carboxylic acids is 1. The fraction of sp³-hybridized carbons (Fsp3) is 0.619. The van der Waals surface area contributed by atoms with Crippen LogP contribution in [-0.4, -0.2) is 44.4 Å². The molecule has 7 heteroatoms. The van der Waals surface area contributed by atoms with E-state index >= 15 is 0 Å². The lowest BCUT2D eigenvalue weighted by molar-refractivity contribution is 0.0906. The van der Waals surface area contributed by atoms with E-state index in [4.69, 9.17) is 0 Å². The largest absolute Gasteiger partial charge is 0.396 e. The molecule has 2 aliphatic rings. The van der Waals surface area contributed by atoms with Gasteiger partial charge in [0.05, 0.1) is 17.1 Å². The number of H-pyrrole nitrogens is 1. The van der Waals surface area contributed by atoms with E-state index in [1.807, 2.05) is 6.07 Å². The molecule has 0 aliphatic heterocycles. The van der Waals surface area contributed by atoms with E-state index in [0.717, 1.165) is 44.0 Å². The number of aromatic nitrogens is 2. The van der Waals surface area contributed by atoms with E-state index in [-0.39, 0.29) is 42.3 Å². The van der Waals surface area contributed by atoms with Crippen LogP contribution in [0.4, 0.5) is 0 Å². The van der Waals surface area contributed by atoms with Crippen LogP contribution in [0.1, 0.15) is 67.8 Å². The van der Waals surface area contributed by atoms with Gasteiger partial charge in [-0.3, -0.25) is 9.36 Å². The average Bonchev–Trinajstić information content (AvgIpc) is 3.03. The van der Waals surface area contributed by atoms with Crippen molar-refractivity contribution >= 4 is 16.9 Å². The molecule has 1 aromatic heterocycles. The topological polar surface area (TPSA) is 107 Å². The van der Waals surface area contributed by atoms with Crippen LogP contribution in [0.3, 0.4) is 0 Å². The first-order chi connectivity index (χ1) is 13.5. The maximum absolute atomic E-state index is 12.7. The van der Waals surface area contributed by atoms with E-state index in [1.54, 1.807) is 16.7 Å². The number of carbonyl (C=O) groups is 1. The Labute approximate surface area is 163 Å². The Balaban J connectivity index is 1.52. The molecule has 2 saturated carbocycles. The molecule has 0 bridgehead atoms. The van der Waals surface area contributed by atoms with Crippen LogP contribution in [-0.2, 0) is 0 Å². The smallest absolute Gasteiger partial charge is 0.326 e. The highest BCUT2D eigenvalue weighted by molar-refractivity contribution is 5.97. The van der Waals surface area contributed by atoms with Gasteiger partial charge in [0, 0.05) is 24.3 Å². The van der Waals surface area contributed by atoms with Gasteiger partial charge in [-0.25, -0.2) is 4.79 Å². The van der Waals surface area contributed by atoms with Gasteiger partial charge >= 0.3 is 5.69 Å². The maximum atomic E-state index is 12.7. The van der Waals surface area contributed by atoms with Gasteiger partial charge in [0.15, 0.2) is 0 Å². The van der Waals surface area contributed by atoms with Crippen molar-refractivity contribution in [3.05, 3.63) is 34.2 Å². The maximum Gasteiger partial charge on any atom is 0.326 e. The molecule has 152 valence electrons. The first-order valence-corrected chi connectivity index (χ1v) is 10.4. The molecule has 0 spiro atoms. The number of fused-ring (bicyclic) bond motifs is 1. The number of nitrogens with zero attached hydrogens (tertiary/aromatic N) is 1. The first-order valence-electron chi connectivity index (χ1n) is 10.4. The van der Waals surface area contributed by atoms with E-state index in [9.17, 15) is 19.8 Å². The highest BCUT2D eigenvalue weighted by Crippen LogP contribution is 2.30. The Hall–Kier alpha value is -2.12. The Morgan fingerprint density at radius 2 is 1.96 bits per heavy atom. The summed E-state index contributed by atoms with van der Waals surface area (Å²) in [7, 11) is 0. The van der Waals surface area contributed by atoms with Gasteiger partial charge < -0.3 is 20.5 Å². The van der Waals surface area contributed by atoms with Crippen molar-refractivity contribution in [3.8, 4) is 0 Å². The number of benzene rings is 1. The van der Waals surface area contributed by atoms with E-state index in [2.05, 4.69) is 10.3 Å². The number of rotatable bonds is 4. The number of aliphatic hydroxyl groups excluding tert-OH is 2. The summed E-state index contributed by atoms with van der Waals surface area (Å²) >= 11 is 0. The van der Waals surface area contributed by atoms with Crippen LogP contribution in [0.25, 0.3) is 11.0 Å². The third-order valence-corrected chi connectivity index (χ3v) is 6.39. The first kappa shape index (κ1) is 19.2.